The van der Waals surface area contributed by atoms with E-state index in [9.17, 15) is 18.0 Å². The summed E-state index contributed by atoms with van der Waals surface area (Å²) in [5.74, 6) is -2.03. The number of alkyl halides is 4. The second-order valence-electron chi connectivity index (χ2n) is 10.7. The van der Waals surface area contributed by atoms with Crippen molar-refractivity contribution < 1.29 is 36.3 Å². The van der Waals surface area contributed by atoms with Crippen molar-refractivity contribution in [2.45, 2.75) is 75.4 Å². The van der Waals surface area contributed by atoms with Crippen molar-refractivity contribution in [1.82, 2.24) is 0 Å². The van der Waals surface area contributed by atoms with Gasteiger partial charge in [-0.1, -0.05) is 51.1 Å². The fourth-order valence-corrected chi connectivity index (χ4v) is 5.55. The number of halogens is 4. The molecule has 3 rings (SSSR count). The Balaban J connectivity index is 1.92. The van der Waals surface area contributed by atoms with Crippen LogP contribution in [0.2, 0.25) is 18.1 Å². The van der Waals surface area contributed by atoms with Gasteiger partial charge in [-0.05, 0) is 30.5 Å². The van der Waals surface area contributed by atoms with Crippen molar-refractivity contribution in [3.8, 4) is 0 Å². The molecule has 0 saturated heterocycles. The topological polar surface area (TPSA) is 70.8 Å². The highest BCUT2D eigenvalue weighted by atomic mass is 28.4. The summed E-state index contributed by atoms with van der Waals surface area (Å²) in [6, 6.07) is 5.55. The number of carbonyl (C=O) groups is 1. The molecule has 0 radical (unpaired) electrons. The first-order valence-electron chi connectivity index (χ1n) is 11.0. The Bertz CT molecular complexity index is 875. The highest BCUT2D eigenvalue weighted by molar-refractivity contribution is 6.74. The van der Waals surface area contributed by atoms with Gasteiger partial charge in [0.05, 0.1) is 0 Å². The van der Waals surface area contributed by atoms with Crippen LogP contribution in [0.15, 0.2) is 30.3 Å². The summed E-state index contributed by atoms with van der Waals surface area (Å²) in [7, 11) is -1.46. The maximum absolute atomic E-state index is 15.1. The standard InChI is InChI=1S/C23H33F4NO4Si/c1-20(2,3)33(5,6)31-13-21-12-15(21)17(28)16(24)18(21)32-19(29)22(30-4,23(25,26)27)14-10-8-7-9-11-14/h7-11,15-18H,12-13,28H2,1-6H3. The monoisotopic (exact) mass is 491 g/mol. The van der Waals surface area contributed by atoms with E-state index in [4.69, 9.17) is 19.6 Å². The molecule has 0 spiro atoms. The molecule has 2 aliphatic carbocycles. The maximum atomic E-state index is 15.1. The van der Waals surface area contributed by atoms with E-state index in [0.29, 0.717) is 6.42 Å². The number of ether oxygens (including phenoxy) is 2. The number of nitrogens with two attached hydrogens (primary N) is 1. The zero-order chi connectivity index (χ0) is 25.0. The Labute approximate surface area is 193 Å². The maximum Gasteiger partial charge on any atom is 0.432 e. The number of esters is 1. The van der Waals surface area contributed by atoms with Crippen molar-refractivity contribution in [1.29, 1.82) is 0 Å². The van der Waals surface area contributed by atoms with Crippen LogP contribution >= 0.6 is 0 Å². The summed E-state index contributed by atoms with van der Waals surface area (Å²) in [6.07, 6.45) is -7.96. The molecule has 2 aliphatic rings. The molecule has 1 aromatic rings. The second kappa shape index (κ2) is 8.32. The van der Waals surface area contributed by atoms with Crippen LogP contribution in [0.4, 0.5) is 17.6 Å². The Kier molecular flexibility index (Phi) is 6.58. The molecule has 0 aliphatic heterocycles. The van der Waals surface area contributed by atoms with Gasteiger partial charge in [-0.3, -0.25) is 0 Å². The second-order valence-corrected chi connectivity index (χ2v) is 15.5. The third kappa shape index (κ3) is 4.13. The van der Waals surface area contributed by atoms with E-state index in [-0.39, 0.29) is 17.6 Å². The Morgan fingerprint density at radius 2 is 1.76 bits per heavy atom. The summed E-state index contributed by atoms with van der Waals surface area (Å²) >= 11 is 0. The van der Waals surface area contributed by atoms with Gasteiger partial charge in [0.15, 0.2) is 14.5 Å². The molecule has 6 unspecified atom stereocenters. The predicted molar refractivity (Wildman–Crippen MR) is 118 cm³/mol. The molecule has 33 heavy (non-hydrogen) atoms. The summed E-state index contributed by atoms with van der Waals surface area (Å²) in [5.41, 5.74) is 1.25. The van der Waals surface area contributed by atoms with Gasteiger partial charge in [-0.15, -0.1) is 0 Å². The van der Waals surface area contributed by atoms with Crippen LogP contribution in [0, 0.1) is 11.3 Å². The Morgan fingerprint density at radius 3 is 2.24 bits per heavy atom. The largest absolute Gasteiger partial charge is 0.456 e. The minimum atomic E-state index is -5.14. The van der Waals surface area contributed by atoms with Crippen molar-refractivity contribution in [3.63, 3.8) is 0 Å². The van der Waals surface area contributed by atoms with E-state index in [1.165, 1.54) is 18.2 Å². The highest BCUT2D eigenvalue weighted by Gasteiger charge is 2.74. The molecule has 0 aromatic heterocycles. The molecule has 1 aromatic carbocycles. The normalized spacial score (nSPS) is 31.6. The molecule has 2 fully saturated rings. The number of carbonyl (C=O) groups excluding carboxylic acids is 1. The van der Waals surface area contributed by atoms with Gasteiger partial charge in [0, 0.05) is 30.7 Å². The lowest BCUT2D eigenvalue weighted by Crippen LogP contribution is -2.54. The number of hydrogen-bond acceptors (Lipinski definition) is 5. The quantitative estimate of drug-likeness (QED) is 0.340. The number of methoxy groups -OCH3 is 1. The summed E-state index contributed by atoms with van der Waals surface area (Å²) < 4.78 is 74.2. The van der Waals surface area contributed by atoms with Gasteiger partial charge >= 0.3 is 12.1 Å². The zero-order valence-corrected chi connectivity index (χ0v) is 20.8. The van der Waals surface area contributed by atoms with Crippen molar-refractivity contribution >= 4 is 14.3 Å². The third-order valence-electron chi connectivity index (χ3n) is 7.78. The van der Waals surface area contributed by atoms with Crippen LogP contribution in [-0.2, 0) is 24.3 Å². The molecule has 0 bridgehead atoms. The van der Waals surface area contributed by atoms with E-state index >= 15 is 4.39 Å². The van der Waals surface area contributed by atoms with E-state index in [2.05, 4.69) is 0 Å². The first kappa shape index (κ1) is 26.1. The minimum Gasteiger partial charge on any atom is -0.456 e. The van der Waals surface area contributed by atoms with Crippen LogP contribution in [0.25, 0.3) is 0 Å². The average Bonchev–Trinajstić information content (AvgIpc) is 3.40. The molecule has 2 N–H and O–H groups in total. The van der Waals surface area contributed by atoms with Crippen LogP contribution in [0.1, 0.15) is 32.8 Å². The van der Waals surface area contributed by atoms with Gasteiger partial charge in [0.1, 0.15) is 6.10 Å². The molecule has 5 nitrogen and oxygen atoms in total. The lowest BCUT2D eigenvalue weighted by molar-refractivity contribution is -0.280. The molecule has 6 atom stereocenters. The number of rotatable bonds is 7. The molecular weight excluding hydrogens is 458 g/mol. The average molecular weight is 492 g/mol. The lowest BCUT2D eigenvalue weighted by atomic mass is 9.92. The Morgan fingerprint density at radius 1 is 1.18 bits per heavy atom. The van der Waals surface area contributed by atoms with E-state index < -0.39 is 55.4 Å². The third-order valence-corrected chi connectivity index (χ3v) is 12.3. The lowest BCUT2D eigenvalue weighted by Gasteiger charge is -2.39. The smallest absolute Gasteiger partial charge is 0.432 e. The van der Waals surface area contributed by atoms with Crippen LogP contribution in [-0.4, -0.2) is 52.5 Å². The summed E-state index contributed by atoms with van der Waals surface area (Å²) in [6.45, 7) is 10.3. The van der Waals surface area contributed by atoms with E-state index in [1.807, 2.05) is 33.9 Å². The van der Waals surface area contributed by atoms with Crippen LogP contribution in [0.3, 0.4) is 0 Å². The van der Waals surface area contributed by atoms with Crippen LogP contribution in [0.5, 0.6) is 0 Å². The van der Waals surface area contributed by atoms with Crippen LogP contribution < -0.4 is 5.73 Å². The van der Waals surface area contributed by atoms with Gasteiger partial charge in [0.2, 0.25) is 0 Å². The predicted octanol–water partition coefficient (Wildman–Crippen LogP) is 4.71. The summed E-state index contributed by atoms with van der Waals surface area (Å²) in [4.78, 5) is 13.1. The molecule has 0 heterocycles. The SMILES string of the molecule is COC(C(=O)OC1C(F)C(N)C2CC21CO[Si](C)(C)C(C)(C)C)(c1ccccc1)C(F)(F)F. The number of fused-ring (bicyclic) bond motifs is 1. The summed E-state index contributed by atoms with van der Waals surface area (Å²) in [5, 5.41) is -0.120. The van der Waals surface area contributed by atoms with Gasteiger partial charge in [-0.2, -0.15) is 13.2 Å². The molecule has 0 amide bonds. The fourth-order valence-electron chi connectivity index (χ4n) is 4.48. The van der Waals surface area contributed by atoms with E-state index in [1.54, 1.807) is 0 Å². The Hall–Kier alpha value is -1.49. The van der Waals surface area contributed by atoms with Gasteiger partial charge in [0.25, 0.3) is 5.60 Å². The fraction of sp³-hybridized carbons (Fsp3) is 0.696. The number of benzene rings is 1. The molecule has 186 valence electrons. The molecule has 2 saturated carbocycles. The first-order valence-corrected chi connectivity index (χ1v) is 13.9. The van der Waals surface area contributed by atoms with Crippen molar-refractivity contribution in [2.75, 3.05) is 13.7 Å². The number of hydrogen-bond donors (Lipinski definition) is 1. The van der Waals surface area contributed by atoms with Crippen molar-refractivity contribution in [3.05, 3.63) is 35.9 Å². The molecule has 10 heteroatoms. The van der Waals surface area contributed by atoms with Gasteiger partial charge < -0.3 is 19.6 Å². The van der Waals surface area contributed by atoms with Crippen molar-refractivity contribution in [2.24, 2.45) is 17.1 Å². The highest BCUT2D eigenvalue weighted by Crippen LogP contribution is 2.65. The van der Waals surface area contributed by atoms with Gasteiger partial charge in [-0.25, -0.2) is 9.18 Å². The first-order chi connectivity index (χ1) is 15.0. The molecular formula is C23H33F4NO4Si. The van der Waals surface area contributed by atoms with E-state index in [0.717, 1.165) is 19.2 Å². The zero-order valence-electron chi connectivity index (χ0n) is 19.8. The minimum absolute atomic E-state index is 0.0809.